The lowest BCUT2D eigenvalue weighted by Gasteiger charge is -2.25. The van der Waals surface area contributed by atoms with E-state index in [0.717, 1.165) is 5.56 Å². The molecule has 1 saturated heterocycles. The Morgan fingerprint density at radius 1 is 1.09 bits per heavy atom. The first-order chi connectivity index (χ1) is 15.8. The van der Waals surface area contributed by atoms with Crippen LogP contribution in [0.5, 0.6) is 5.75 Å². The minimum atomic E-state index is -0.769. The van der Waals surface area contributed by atoms with Crippen molar-refractivity contribution in [3.05, 3.63) is 100 Å². The second-order valence-electron chi connectivity index (χ2n) is 8.03. The molecule has 1 unspecified atom stereocenters. The SMILES string of the molecule is CC(C)Oc1ccc(C2/C(=C(/O)c3ccc(Cl)cc3)C(=O)C(=O)N2Cc2cccnc2)cc1. The zero-order valence-electron chi connectivity index (χ0n) is 18.2. The fourth-order valence-corrected chi connectivity index (χ4v) is 3.97. The summed E-state index contributed by atoms with van der Waals surface area (Å²) in [7, 11) is 0. The summed E-state index contributed by atoms with van der Waals surface area (Å²) in [6, 6.07) is 16.5. The topological polar surface area (TPSA) is 79.7 Å². The van der Waals surface area contributed by atoms with Crippen LogP contribution in [0.1, 0.15) is 36.6 Å². The third-order valence-corrected chi connectivity index (χ3v) is 5.55. The quantitative estimate of drug-likeness (QED) is 0.311. The number of Topliss-reactive ketones (excluding diaryl/α,β-unsaturated/α-hetero) is 1. The number of benzene rings is 2. The van der Waals surface area contributed by atoms with Crippen molar-refractivity contribution in [2.24, 2.45) is 0 Å². The van der Waals surface area contributed by atoms with Crippen LogP contribution in [0.25, 0.3) is 5.76 Å². The maximum absolute atomic E-state index is 13.1. The van der Waals surface area contributed by atoms with Gasteiger partial charge in [0.05, 0.1) is 17.7 Å². The number of aliphatic hydroxyl groups is 1. The predicted molar refractivity (Wildman–Crippen MR) is 126 cm³/mol. The van der Waals surface area contributed by atoms with Crippen molar-refractivity contribution in [2.45, 2.75) is 32.5 Å². The lowest BCUT2D eigenvalue weighted by atomic mass is 9.95. The second kappa shape index (κ2) is 9.46. The Labute approximate surface area is 197 Å². The molecule has 1 N–H and O–H groups in total. The van der Waals surface area contributed by atoms with E-state index in [-0.39, 0.29) is 24.0 Å². The number of aromatic nitrogens is 1. The van der Waals surface area contributed by atoms with Gasteiger partial charge in [0.1, 0.15) is 11.5 Å². The van der Waals surface area contributed by atoms with Crippen LogP contribution in [0.2, 0.25) is 5.02 Å². The van der Waals surface area contributed by atoms with Crippen LogP contribution in [-0.4, -0.2) is 32.8 Å². The normalized spacial score (nSPS) is 17.6. The summed E-state index contributed by atoms with van der Waals surface area (Å²) in [4.78, 5) is 31.7. The van der Waals surface area contributed by atoms with Crippen molar-refractivity contribution in [3.63, 3.8) is 0 Å². The molecule has 33 heavy (non-hydrogen) atoms. The van der Waals surface area contributed by atoms with E-state index in [0.29, 0.717) is 21.9 Å². The van der Waals surface area contributed by atoms with Gasteiger partial charge in [-0.05, 0) is 67.4 Å². The van der Waals surface area contributed by atoms with E-state index in [1.165, 1.54) is 4.90 Å². The Morgan fingerprint density at radius 3 is 2.39 bits per heavy atom. The van der Waals surface area contributed by atoms with Crippen LogP contribution in [0.15, 0.2) is 78.6 Å². The number of nitrogens with zero attached hydrogens (tertiary/aromatic N) is 2. The lowest BCUT2D eigenvalue weighted by molar-refractivity contribution is -0.140. The number of amides is 1. The van der Waals surface area contributed by atoms with Gasteiger partial charge in [-0.3, -0.25) is 14.6 Å². The molecule has 2 aromatic carbocycles. The molecular formula is C26H23ClN2O4. The molecule has 1 fully saturated rings. The van der Waals surface area contributed by atoms with Gasteiger partial charge >= 0.3 is 0 Å². The van der Waals surface area contributed by atoms with Crippen LogP contribution >= 0.6 is 11.6 Å². The van der Waals surface area contributed by atoms with Gasteiger partial charge in [0.2, 0.25) is 0 Å². The maximum Gasteiger partial charge on any atom is 0.295 e. The fourth-order valence-electron chi connectivity index (χ4n) is 3.84. The molecule has 0 spiro atoms. The largest absolute Gasteiger partial charge is 0.507 e. The van der Waals surface area contributed by atoms with E-state index < -0.39 is 17.7 Å². The Bertz CT molecular complexity index is 1190. The number of halogens is 1. The first-order valence-electron chi connectivity index (χ1n) is 10.5. The smallest absolute Gasteiger partial charge is 0.295 e. The van der Waals surface area contributed by atoms with E-state index >= 15 is 0 Å². The van der Waals surface area contributed by atoms with Gasteiger partial charge in [-0.15, -0.1) is 0 Å². The van der Waals surface area contributed by atoms with E-state index in [9.17, 15) is 14.7 Å². The van der Waals surface area contributed by atoms with Crippen molar-refractivity contribution in [1.29, 1.82) is 0 Å². The number of pyridine rings is 1. The number of carbonyl (C=O) groups excluding carboxylic acids is 2. The van der Waals surface area contributed by atoms with Crippen LogP contribution < -0.4 is 4.74 Å². The summed E-state index contributed by atoms with van der Waals surface area (Å²) in [6.45, 7) is 4.04. The van der Waals surface area contributed by atoms with Crippen molar-refractivity contribution in [1.82, 2.24) is 9.88 Å². The van der Waals surface area contributed by atoms with Gasteiger partial charge in [-0.1, -0.05) is 29.8 Å². The third-order valence-electron chi connectivity index (χ3n) is 5.30. The van der Waals surface area contributed by atoms with Gasteiger partial charge in [0, 0.05) is 29.5 Å². The number of hydrogen-bond donors (Lipinski definition) is 1. The number of likely N-dealkylation sites (tertiary alicyclic amines) is 1. The fraction of sp³-hybridized carbons (Fsp3) is 0.192. The molecule has 4 rings (SSSR count). The minimum absolute atomic E-state index is 0.0111. The number of ether oxygens (including phenoxy) is 1. The Kier molecular flexibility index (Phi) is 6.47. The van der Waals surface area contributed by atoms with Crippen molar-refractivity contribution in [3.8, 4) is 5.75 Å². The average Bonchev–Trinajstić information content (AvgIpc) is 3.05. The summed E-state index contributed by atoms with van der Waals surface area (Å²) < 4.78 is 5.72. The molecule has 7 heteroatoms. The number of hydrogen-bond acceptors (Lipinski definition) is 5. The number of carbonyl (C=O) groups is 2. The van der Waals surface area contributed by atoms with Crippen molar-refractivity contribution >= 4 is 29.1 Å². The van der Waals surface area contributed by atoms with Crippen LogP contribution in [-0.2, 0) is 16.1 Å². The highest BCUT2D eigenvalue weighted by Gasteiger charge is 2.46. The molecule has 1 aliphatic rings. The molecule has 2 heterocycles. The average molecular weight is 463 g/mol. The highest BCUT2D eigenvalue weighted by molar-refractivity contribution is 6.46. The molecule has 1 atom stereocenters. The summed E-state index contributed by atoms with van der Waals surface area (Å²) in [5.41, 5.74) is 1.90. The molecular weight excluding hydrogens is 440 g/mol. The number of rotatable bonds is 6. The Hall–Kier alpha value is -3.64. The molecule has 6 nitrogen and oxygen atoms in total. The van der Waals surface area contributed by atoms with E-state index in [4.69, 9.17) is 16.3 Å². The van der Waals surface area contributed by atoms with E-state index in [2.05, 4.69) is 4.98 Å². The minimum Gasteiger partial charge on any atom is -0.507 e. The zero-order valence-corrected chi connectivity index (χ0v) is 19.0. The Balaban J connectivity index is 1.81. The van der Waals surface area contributed by atoms with Crippen LogP contribution in [0, 0.1) is 0 Å². The van der Waals surface area contributed by atoms with Gasteiger partial charge < -0.3 is 14.7 Å². The first kappa shape index (κ1) is 22.6. The van der Waals surface area contributed by atoms with Gasteiger partial charge in [-0.25, -0.2) is 0 Å². The van der Waals surface area contributed by atoms with Crippen LogP contribution in [0.3, 0.4) is 0 Å². The lowest BCUT2D eigenvalue weighted by Crippen LogP contribution is -2.29. The summed E-state index contributed by atoms with van der Waals surface area (Å²) >= 11 is 5.97. The Morgan fingerprint density at radius 2 is 1.79 bits per heavy atom. The molecule has 3 aromatic rings. The predicted octanol–water partition coefficient (Wildman–Crippen LogP) is 5.14. The molecule has 1 amide bonds. The van der Waals surface area contributed by atoms with Crippen molar-refractivity contribution in [2.75, 3.05) is 0 Å². The van der Waals surface area contributed by atoms with Crippen molar-refractivity contribution < 1.29 is 19.4 Å². The molecule has 0 aliphatic carbocycles. The highest BCUT2D eigenvalue weighted by Crippen LogP contribution is 2.40. The second-order valence-corrected chi connectivity index (χ2v) is 8.47. The summed E-state index contributed by atoms with van der Waals surface area (Å²) in [5, 5.41) is 11.6. The molecule has 0 saturated carbocycles. The first-order valence-corrected chi connectivity index (χ1v) is 10.9. The van der Waals surface area contributed by atoms with Gasteiger partial charge in [0.25, 0.3) is 11.7 Å². The zero-order chi connectivity index (χ0) is 23.5. The molecule has 1 aromatic heterocycles. The standard InChI is InChI=1S/C26H23ClN2O4/c1-16(2)33-21-11-7-18(8-12-21)23-22(24(30)19-5-9-20(27)10-6-19)25(31)26(32)29(23)15-17-4-3-13-28-14-17/h3-14,16,23,30H,15H2,1-2H3/b24-22-. The van der Waals surface area contributed by atoms with E-state index in [1.807, 2.05) is 19.9 Å². The summed E-state index contributed by atoms with van der Waals surface area (Å²) in [5.74, 6) is -0.984. The molecule has 1 aliphatic heterocycles. The molecule has 0 radical (unpaired) electrons. The highest BCUT2D eigenvalue weighted by atomic mass is 35.5. The molecule has 168 valence electrons. The van der Waals surface area contributed by atoms with Gasteiger partial charge in [-0.2, -0.15) is 0 Å². The van der Waals surface area contributed by atoms with Gasteiger partial charge in [0.15, 0.2) is 0 Å². The summed E-state index contributed by atoms with van der Waals surface area (Å²) in [6.07, 6.45) is 3.30. The number of ketones is 1. The monoisotopic (exact) mass is 462 g/mol. The maximum atomic E-state index is 13.1. The van der Waals surface area contributed by atoms with E-state index in [1.54, 1.807) is 67.0 Å². The number of aliphatic hydroxyl groups excluding tert-OH is 1. The molecule has 0 bridgehead atoms. The third kappa shape index (κ3) is 4.76. The van der Waals surface area contributed by atoms with Crippen LogP contribution in [0.4, 0.5) is 0 Å².